The average molecular weight is 538 g/mol. The van der Waals surface area contributed by atoms with Gasteiger partial charge in [-0.1, -0.05) is 61.2 Å². The maximum atomic E-state index is 14.1. The molecule has 1 saturated carbocycles. The van der Waals surface area contributed by atoms with Crippen molar-refractivity contribution in [2.75, 3.05) is 34.4 Å². The highest BCUT2D eigenvalue weighted by Crippen LogP contribution is 2.69. The lowest BCUT2D eigenvalue weighted by molar-refractivity contribution is -0.161. The van der Waals surface area contributed by atoms with Gasteiger partial charge in [-0.15, -0.1) is 0 Å². The summed E-state index contributed by atoms with van der Waals surface area (Å²) < 4.78 is 16.7. The average Bonchev–Trinajstić information content (AvgIpc) is 3.43. The Kier molecular flexibility index (Phi) is 6.25. The van der Waals surface area contributed by atoms with Crippen LogP contribution in [0.1, 0.15) is 46.6 Å². The maximum absolute atomic E-state index is 14.1. The molecule has 0 radical (unpaired) electrons. The van der Waals surface area contributed by atoms with E-state index in [1.807, 2.05) is 41.3 Å². The molecule has 4 aliphatic rings. The third-order valence-electron chi connectivity index (χ3n) is 9.79. The number of nitrogens with zero attached hydrogens (tertiary/aromatic N) is 1. The molecule has 3 aromatic rings. The first-order chi connectivity index (χ1) is 19.3. The van der Waals surface area contributed by atoms with Crippen LogP contribution in [0, 0.1) is 18.3 Å². The fraction of sp³-hybridized carbons (Fsp3) is 0.353. The van der Waals surface area contributed by atoms with Crippen molar-refractivity contribution in [2.24, 2.45) is 11.3 Å². The summed E-state index contributed by atoms with van der Waals surface area (Å²) >= 11 is 0. The van der Waals surface area contributed by atoms with Crippen LogP contribution >= 0.6 is 0 Å². The Morgan fingerprint density at radius 2 is 1.68 bits per heavy atom. The first-order valence-corrected chi connectivity index (χ1v) is 13.8. The van der Waals surface area contributed by atoms with Gasteiger partial charge in [0, 0.05) is 41.5 Å². The number of fused-ring (bicyclic) bond motifs is 1. The summed E-state index contributed by atoms with van der Waals surface area (Å²) in [6.45, 7) is 6.94. The van der Waals surface area contributed by atoms with Crippen molar-refractivity contribution >= 4 is 17.4 Å². The molecule has 2 fully saturated rings. The number of para-hydroxylation sites is 1. The van der Waals surface area contributed by atoms with E-state index < -0.39 is 10.8 Å². The molecule has 206 valence electrons. The number of benzene rings is 3. The quantitative estimate of drug-likeness (QED) is 0.306. The van der Waals surface area contributed by atoms with Crippen LogP contribution < -0.4 is 9.47 Å². The molecule has 0 N–H and O–H groups in total. The molecule has 3 aliphatic carbocycles. The van der Waals surface area contributed by atoms with Crippen molar-refractivity contribution in [2.45, 2.75) is 31.1 Å². The number of hydrogen-bond donors (Lipinski definition) is 0. The molecule has 1 amide bonds. The van der Waals surface area contributed by atoms with Gasteiger partial charge in [-0.05, 0) is 54.2 Å². The van der Waals surface area contributed by atoms with Gasteiger partial charge in [0.15, 0.2) is 0 Å². The summed E-state index contributed by atoms with van der Waals surface area (Å²) in [4.78, 5) is 29.9. The van der Waals surface area contributed by atoms with Gasteiger partial charge in [-0.2, -0.15) is 0 Å². The number of aryl methyl sites for hydroxylation is 1. The minimum absolute atomic E-state index is 0.0419. The second kappa shape index (κ2) is 9.54. The molecular weight excluding hydrogens is 502 g/mol. The van der Waals surface area contributed by atoms with Crippen LogP contribution in [0.4, 0.5) is 0 Å². The lowest BCUT2D eigenvalue weighted by Crippen LogP contribution is -2.60. The summed E-state index contributed by atoms with van der Waals surface area (Å²) in [5.41, 5.74) is 4.30. The standard InChI is InChI=1S/C34H35NO5/c1-21-18-23(14-15-28(21)38-3)33-17-16-27(25-11-6-8-12-26(25)33)34(32(37)40-5)20-35(19-30(33)34)31(36)22(2)24-10-7-9-13-29(24)39-4/h6-15,18,27,30H,2,16-17,19-20H2,1,3-5H3. The first-order valence-electron chi connectivity index (χ1n) is 13.8. The van der Waals surface area contributed by atoms with E-state index >= 15 is 0 Å². The SMILES string of the molecule is C=C(C(=O)N1CC2C3(c4ccc(OC)c(C)c4)CCC(c4ccccc43)C2(C(=O)OC)C1)c1ccccc1OC. The second-order valence-electron chi connectivity index (χ2n) is 11.3. The first kappa shape index (κ1) is 26.2. The predicted octanol–water partition coefficient (Wildman–Crippen LogP) is 5.52. The van der Waals surface area contributed by atoms with Crippen LogP contribution in [-0.4, -0.2) is 51.2 Å². The number of esters is 1. The molecule has 1 saturated heterocycles. The Morgan fingerprint density at radius 1 is 0.950 bits per heavy atom. The van der Waals surface area contributed by atoms with E-state index in [0.717, 1.165) is 29.7 Å². The Balaban J connectivity index is 1.52. The van der Waals surface area contributed by atoms with E-state index in [1.54, 1.807) is 14.2 Å². The topological polar surface area (TPSA) is 65.1 Å². The number of likely N-dealkylation sites (tertiary alicyclic amines) is 1. The minimum Gasteiger partial charge on any atom is -0.496 e. The Labute approximate surface area is 235 Å². The number of ether oxygens (including phenoxy) is 3. The highest BCUT2D eigenvalue weighted by molar-refractivity contribution is 6.19. The zero-order chi connectivity index (χ0) is 28.2. The Bertz CT molecular complexity index is 1530. The van der Waals surface area contributed by atoms with Crippen LogP contribution in [0.25, 0.3) is 5.57 Å². The zero-order valence-electron chi connectivity index (χ0n) is 23.5. The molecule has 40 heavy (non-hydrogen) atoms. The van der Waals surface area contributed by atoms with Gasteiger partial charge in [-0.3, -0.25) is 9.59 Å². The molecule has 1 aliphatic heterocycles. The highest BCUT2D eigenvalue weighted by atomic mass is 16.5. The molecule has 0 aromatic heterocycles. The van der Waals surface area contributed by atoms with Gasteiger partial charge >= 0.3 is 5.97 Å². The third-order valence-corrected chi connectivity index (χ3v) is 9.79. The number of methoxy groups -OCH3 is 3. The monoisotopic (exact) mass is 537 g/mol. The molecule has 4 unspecified atom stereocenters. The molecule has 0 spiro atoms. The fourth-order valence-corrected chi connectivity index (χ4v) is 8.14. The van der Waals surface area contributed by atoms with Crippen LogP contribution in [0.2, 0.25) is 0 Å². The van der Waals surface area contributed by atoms with Crippen LogP contribution in [0.3, 0.4) is 0 Å². The van der Waals surface area contributed by atoms with Gasteiger partial charge in [0.25, 0.3) is 5.91 Å². The van der Waals surface area contributed by atoms with E-state index in [0.29, 0.717) is 23.4 Å². The Hall–Kier alpha value is -4.06. The van der Waals surface area contributed by atoms with E-state index in [9.17, 15) is 9.59 Å². The summed E-state index contributed by atoms with van der Waals surface area (Å²) in [6.07, 6.45) is 1.72. The predicted molar refractivity (Wildman–Crippen MR) is 153 cm³/mol. The van der Waals surface area contributed by atoms with Crippen molar-refractivity contribution in [3.63, 3.8) is 0 Å². The second-order valence-corrected chi connectivity index (χ2v) is 11.3. The van der Waals surface area contributed by atoms with Gasteiger partial charge in [0.2, 0.25) is 0 Å². The van der Waals surface area contributed by atoms with E-state index in [-0.39, 0.29) is 30.3 Å². The molecule has 6 nitrogen and oxygen atoms in total. The van der Waals surface area contributed by atoms with Gasteiger partial charge in [0.1, 0.15) is 11.5 Å². The Morgan fingerprint density at radius 3 is 2.40 bits per heavy atom. The van der Waals surface area contributed by atoms with Gasteiger partial charge in [-0.25, -0.2) is 0 Å². The minimum atomic E-state index is -0.869. The maximum Gasteiger partial charge on any atom is 0.314 e. The van der Waals surface area contributed by atoms with Crippen molar-refractivity contribution in [1.82, 2.24) is 4.90 Å². The zero-order valence-corrected chi connectivity index (χ0v) is 23.5. The van der Waals surface area contributed by atoms with Crippen molar-refractivity contribution in [1.29, 1.82) is 0 Å². The number of rotatable bonds is 6. The molecule has 2 bridgehead atoms. The van der Waals surface area contributed by atoms with E-state index in [4.69, 9.17) is 14.2 Å². The largest absolute Gasteiger partial charge is 0.496 e. The summed E-state index contributed by atoms with van der Waals surface area (Å²) in [7, 11) is 4.73. The van der Waals surface area contributed by atoms with E-state index in [1.165, 1.54) is 18.2 Å². The smallest absolute Gasteiger partial charge is 0.314 e. The highest BCUT2D eigenvalue weighted by Gasteiger charge is 2.71. The van der Waals surface area contributed by atoms with Crippen LogP contribution in [0.15, 0.2) is 73.3 Å². The number of amides is 1. The van der Waals surface area contributed by atoms with Crippen molar-refractivity contribution in [3.05, 3.63) is 101 Å². The van der Waals surface area contributed by atoms with Crippen molar-refractivity contribution in [3.8, 4) is 11.5 Å². The van der Waals surface area contributed by atoms with Gasteiger partial charge < -0.3 is 19.1 Å². The summed E-state index contributed by atoms with van der Waals surface area (Å²) in [5.74, 6) is 0.783. The van der Waals surface area contributed by atoms with Gasteiger partial charge in [0.05, 0.1) is 26.7 Å². The molecule has 7 rings (SSSR count). The number of hydrogen-bond acceptors (Lipinski definition) is 5. The summed E-state index contributed by atoms with van der Waals surface area (Å²) in [6, 6.07) is 22.3. The van der Waals surface area contributed by atoms with Crippen LogP contribution in [-0.2, 0) is 19.7 Å². The number of carbonyl (C=O) groups excluding carboxylic acids is 2. The van der Waals surface area contributed by atoms with Crippen LogP contribution in [0.5, 0.6) is 11.5 Å². The van der Waals surface area contributed by atoms with E-state index in [2.05, 4.69) is 43.8 Å². The molecule has 1 heterocycles. The summed E-state index contributed by atoms with van der Waals surface area (Å²) in [5, 5.41) is 0. The van der Waals surface area contributed by atoms with Crippen molar-refractivity contribution < 1.29 is 23.8 Å². The number of carbonyl (C=O) groups is 2. The molecule has 4 atom stereocenters. The fourth-order valence-electron chi connectivity index (χ4n) is 8.14. The lowest BCUT2D eigenvalue weighted by Gasteiger charge is -2.59. The third kappa shape index (κ3) is 3.41. The normalized spacial score (nSPS) is 26.1. The molecule has 6 heteroatoms. The lowest BCUT2D eigenvalue weighted by atomic mass is 9.42. The molecular formula is C34H35NO5. The molecule has 3 aromatic carbocycles.